The zero-order chi connectivity index (χ0) is 24.0. The van der Waals surface area contributed by atoms with Crippen molar-refractivity contribution >= 4 is 40.8 Å². The fraction of sp³-hybridized carbons (Fsp3) is 0.0385. The van der Waals surface area contributed by atoms with Gasteiger partial charge in [-0.25, -0.2) is 7.86 Å². The topological polar surface area (TPSA) is 44.8 Å². The van der Waals surface area contributed by atoms with Crippen molar-refractivity contribution in [3.63, 3.8) is 0 Å². The lowest BCUT2D eigenvalue weighted by Gasteiger charge is -2.11. The van der Waals surface area contributed by atoms with Crippen LogP contribution in [0.15, 0.2) is 109 Å². The molecule has 0 N–H and O–H groups in total. The molecule has 4 aromatic rings. The molecule has 0 bridgehead atoms. The van der Waals surface area contributed by atoms with E-state index in [4.69, 9.17) is 47.3 Å². The van der Waals surface area contributed by atoms with E-state index < -0.39 is 30.0 Å². The molecule has 4 aromatic carbocycles. The van der Waals surface area contributed by atoms with Crippen LogP contribution in [-0.2, 0) is 7.86 Å². The molecule has 0 amide bonds. The van der Waals surface area contributed by atoms with Crippen molar-refractivity contribution < 1.29 is 37.6 Å². The SMILES string of the molecule is O=C(O[I+](c1ccc(Oc2ccccc2)cc1)c1ccc(Oc2ccccc2)cc1)C(Cl)(Cl)Cl. The smallest absolute Gasteiger partial charge is 0.410 e. The number of carbonyl (C=O) groups excluding carboxylic acids is 1. The molecule has 0 aliphatic rings. The summed E-state index contributed by atoms with van der Waals surface area (Å²) in [5.74, 6) is 1.86. The molecule has 0 aliphatic heterocycles. The molecule has 0 atom stereocenters. The van der Waals surface area contributed by atoms with Crippen LogP contribution < -0.4 is 29.7 Å². The van der Waals surface area contributed by atoms with E-state index in [9.17, 15) is 4.79 Å². The van der Waals surface area contributed by atoms with Crippen molar-refractivity contribution in [3.05, 3.63) is 116 Å². The summed E-state index contributed by atoms with van der Waals surface area (Å²) < 4.78 is 17.0. The minimum absolute atomic E-state index is 0.657. The van der Waals surface area contributed by atoms with Crippen molar-refractivity contribution in [1.82, 2.24) is 0 Å². The van der Waals surface area contributed by atoms with Gasteiger partial charge in [-0.05, 0) is 72.8 Å². The number of para-hydroxylation sites is 2. The van der Waals surface area contributed by atoms with E-state index in [0.29, 0.717) is 11.5 Å². The molecule has 173 valence electrons. The Kier molecular flexibility index (Phi) is 8.21. The van der Waals surface area contributed by atoms with Gasteiger partial charge >= 0.3 is 26.2 Å². The first kappa shape index (κ1) is 24.7. The molecule has 0 saturated carbocycles. The van der Waals surface area contributed by atoms with Gasteiger partial charge in [0.1, 0.15) is 23.0 Å². The van der Waals surface area contributed by atoms with E-state index >= 15 is 0 Å². The summed E-state index contributed by atoms with van der Waals surface area (Å²) in [7, 11) is 0. The minimum atomic E-state index is -2.75. The molecular formula is C26H18Cl3IO4+. The van der Waals surface area contributed by atoms with Crippen molar-refractivity contribution in [2.45, 2.75) is 3.79 Å². The van der Waals surface area contributed by atoms with Gasteiger partial charge in [0.2, 0.25) is 0 Å². The fourth-order valence-electron chi connectivity index (χ4n) is 2.81. The Morgan fingerprint density at radius 2 is 0.912 bits per heavy atom. The molecule has 0 aromatic heterocycles. The van der Waals surface area contributed by atoms with Gasteiger partial charge in [-0.2, -0.15) is 0 Å². The average Bonchev–Trinajstić information content (AvgIpc) is 2.84. The van der Waals surface area contributed by atoms with Crippen LogP contribution in [0.1, 0.15) is 0 Å². The molecule has 0 unspecified atom stereocenters. The third-order valence-electron chi connectivity index (χ3n) is 4.36. The van der Waals surface area contributed by atoms with Crippen LogP contribution in [0.3, 0.4) is 0 Å². The minimum Gasteiger partial charge on any atom is -0.457 e. The van der Waals surface area contributed by atoms with E-state index in [2.05, 4.69) is 0 Å². The van der Waals surface area contributed by atoms with Crippen LogP contribution in [0, 0.1) is 7.14 Å². The van der Waals surface area contributed by atoms with E-state index in [1.54, 1.807) is 0 Å². The lowest BCUT2D eigenvalue weighted by Crippen LogP contribution is -3.85. The van der Waals surface area contributed by atoms with Gasteiger partial charge < -0.3 is 9.47 Å². The lowest BCUT2D eigenvalue weighted by atomic mass is 10.3. The van der Waals surface area contributed by atoms with Gasteiger partial charge in [0, 0.05) is 0 Å². The molecule has 0 saturated heterocycles. The predicted octanol–water partition coefficient (Wildman–Crippen LogP) is 4.76. The molecule has 1 radical (unpaired) electrons. The maximum Gasteiger partial charge on any atom is 0.410 e. The molecule has 4 nitrogen and oxygen atoms in total. The predicted molar refractivity (Wildman–Crippen MR) is 130 cm³/mol. The number of hydrogen-bond acceptors (Lipinski definition) is 4. The normalized spacial score (nSPS) is 11.2. The van der Waals surface area contributed by atoms with E-state index in [0.717, 1.165) is 18.6 Å². The monoisotopic (exact) mass is 626 g/mol. The number of ether oxygens (including phenoxy) is 2. The molecule has 0 aliphatic carbocycles. The highest BCUT2D eigenvalue weighted by Gasteiger charge is 2.43. The number of halogens is 4. The fourth-order valence-corrected chi connectivity index (χ4v) is 7.30. The molecule has 8 heteroatoms. The maximum atomic E-state index is 12.4. The zero-order valence-corrected chi connectivity index (χ0v) is 22.0. The van der Waals surface area contributed by atoms with Crippen LogP contribution in [0.25, 0.3) is 0 Å². The lowest BCUT2D eigenvalue weighted by molar-refractivity contribution is -1.04. The summed E-state index contributed by atoms with van der Waals surface area (Å²) >= 11 is 14.6. The highest BCUT2D eigenvalue weighted by molar-refractivity contribution is 6.75. The number of alkyl halides is 3. The Labute approximate surface area is 220 Å². The molecule has 0 spiro atoms. The summed E-state index contributed by atoms with van der Waals surface area (Å²) in [5.41, 5.74) is 0. The standard InChI is InChI=1S/C26H18Cl3IO4/c27-26(28,29)25(31)34-30(19-11-15-23(16-12-19)32-21-7-3-1-4-8-21)20-13-17-24(18-14-20)33-22-9-5-2-6-10-22/h1-18H/q+1. The van der Waals surface area contributed by atoms with Crippen LogP contribution >= 0.6 is 34.8 Å². The van der Waals surface area contributed by atoms with Gasteiger partial charge in [-0.3, -0.25) is 0 Å². The van der Waals surface area contributed by atoms with Crippen molar-refractivity contribution in [2.24, 2.45) is 0 Å². The highest BCUT2D eigenvalue weighted by atomic mass is 127. The van der Waals surface area contributed by atoms with Gasteiger partial charge in [-0.1, -0.05) is 71.2 Å². The number of rotatable bonds is 7. The second-order valence-corrected chi connectivity index (χ2v) is 13.5. The van der Waals surface area contributed by atoms with Gasteiger partial charge in [0.05, 0.1) is 0 Å². The third kappa shape index (κ3) is 6.79. The summed E-state index contributed by atoms with van der Waals surface area (Å²) in [6.45, 7) is 0. The molecule has 4 rings (SSSR count). The quantitative estimate of drug-likeness (QED) is 0.219. The number of hydrogen-bond donors (Lipinski definition) is 0. The van der Waals surface area contributed by atoms with Gasteiger partial charge in [0.15, 0.2) is 7.14 Å². The second kappa shape index (κ2) is 11.3. The first-order valence-corrected chi connectivity index (χ1v) is 14.2. The van der Waals surface area contributed by atoms with Crippen LogP contribution in [-0.4, -0.2) is 9.76 Å². The van der Waals surface area contributed by atoms with Crippen LogP contribution in [0.5, 0.6) is 23.0 Å². The average molecular weight is 628 g/mol. The van der Waals surface area contributed by atoms with Gasteiger partial charge in [0.25, 0.3) is 3.79 Å². The maximum absolute atomic E-state index is 12.4. The molecular weight excluding hydrogens is 610 g/mol. The highest BCUT2D eigenvalue weighted by Crippen LogP contribution is 2.26. The second-order valence-electron chi connectivity index (χ2n) is 6.85. The summed E-state index contributed by atoms with van der Waals surface area (Å²) in [6, 6.07) is 33.7. The van der Waals surface area contributed by atoms with Gasteiger partial charge in [-0.15, -0.1) is 0 Å². The van der Waals surface area contributed by atoms with Crippen LogP contribution in [0.4, 0.5) is 0 Å². The van der Waals surface area contributed by atoms with Crippen molar-refractivity contribution in [2.75, 3.05) is 0 Å². The number of benzene rings is 4. The zero-order valence-electron chi connectivity index (χ0n) is 17.5. The van der Waals surface area contributed by atoms with E-state index in [1.807, 2.05) is 109 Å². The first-order chi connectivity index (χ1) is 16.4. The molecule has 0 heterocycles. The first-order valence-electron chi connectivity index (χ1n) is 10.0. The summed E-state index contributed by atoms with van der Waals surface area (Å²) in [5, 5.41) is 0. The third-order valence-corrected chi connectivity index (χ3v) is 9.36. The summed E-state index contributed by atoms with van der Waals surface area (Å²) in [6.07, 6.45) is 0. The Bertz CT molecular complexity index is 1130. The van der Waals surface area contributed by atoms with E-state index in [-0.39, 0.29) is 0 Å². The van der Waals surface area contributed by atoms with Crippen molar-refractivity contribution in [3.8, 4) is 23.0 Å². The Balaban J connectivity index is 1.57. The number of carbonyl (C=O) groups is 1. The molecule has 0 fully saturated rings. The summed E-state index contributed by atoms with van der Waals surface area (Å²) in [4.78, 5) is 12.4. The van der Waals surface area contributed by atoms with Crippen LogP contribution in [0.2, 0.25) is 0 Å². The largest absolute Gasteiger partial charge is 0.457 e. The Hall–Kier alpha value is -2.45. The van der Waals surface area contributed by atoms with Crippen molar-refractivity contribution in [1.29, 1.82) is 0 Å². The van der Waals surface area contributed by atoms with E-state index in [1.165, 1.54) is 0 Å². The Morgan fingerprint density at radius 3 is 1.26 bits per heavy atom. The Morgan fingerprint density at radius 1 is 0.559 bits per heavy atom. The molecule has 34 heavy (non-hydrogen) atoms.